The number of nitrogens with two attached hydrogens (primary N) is 1. The number of piperazine rings is 1. The Hall–Kier alpha value is -3.70. The van der Waals surface area contributed by atoms with Gasteiger partial charge < -0.3 is 31.1 Å². The van der Waals surface area contributed by atoms with Gasteiger partial charge in [-0.1, -0.05) is 13.5 Å². The number of rotatable bonds is 9. The van der Waals surface area contributed by atoms with Crippen LogP contribution in [-0.4, -0.2) is 108 Å². The molecule has 3 saturated heterocycles. The summed E-state index contributed by atoms with van der Waals surface area (Å²) in [6.45, 7) is 13.5. The lowest BCUT2D eigenvalue weighted by molar-refractivity contribution is -0.125. The van der Waals surface area contributed by atoms with E-state index in [1.165, 1.54) is 37.7 Å². The first-order chi connectivity index (χ1) is 19.8. The molecule has 1 aromatic carbocycles. The van der Waals surface area contributed by atoms with Crippen LogP contribution in [0, 0.1) is 0 Å². The van der Waals surface area contributed by atoms with Crippen molar-refractivity contribution in [1.29, 1.82) is 0 Å². The Morgan fingerprint density at radius 3 is 2.34 bits per heavy atom. The van der Waals surface area contributed by atoms with Crippen LogP contribution >= 0.6 is 0 Å². The quantitative estimate of drug-likeness (QED) is 0.396. The predicted molar refractivity (Wildman–Crippen MR) is 163 cm³/mol. The van der Waals surface area contributed by atoms with Crippen LogP contribution in [-0.2, 0) is 11.2 Å². The zero-order chi connectivity index (χ0) is 28.9. The molecule has 4 heterocycles. The molecule has 11 nitrogen and oxygen atoms in total. The van der Waals surface area contributed by atoms with Gasteiger partial charge in [0.05, 0.1) is 5.69 Å². The minimum Gasteiger partial charge on any atom is -0.371 e. The van der Waals surface area contributed by atoms with E-state index in [2.05, 4.69) is 56.1 Å². The first-order valence-electron chi connectivity index (χ1n) is 14.8. The van der Waals surface area contributed by atoms with Crippen molar-refractivity contribution in [2.45, 2.75) is 44.7 Å². The lowest BCUT2D eigenvalue weighted by atomic mass is 10.0. The first kappa shape index (κ1) is 28.8. The van der Waals surface area contributed by atoms with Gasteiger partial charge >= 0.3 is 0 Å². The summed E-state index contributed by atoms with van der Waals surface area (Å²) in [5.74, 6) is 0.197. The minimum atomic E-state index is -0.635. The molecule has 0 radical (unpaired) electrons. The predicted octanol–water partition coefficient (Wildman–Crippen LogP) is 2.30. The summed E-state index contributed by atoms with van der Waals surface area (Å²) in [6.07, 6.45) is 5.07. The third kappa shape index (κ3) is 6.79. The molecule has 5 rings (SSSR count). The van der Waals surface area contributed by atoms with Gasteiger partial charge in [0.25, 0.3) is 5.91 Å². The summed E-state index contributed by atoms with van der Waals surface area (Å²) in [6, 6.07) is 8.94. The SMILES string of the molecule is C=CC(=O)N1CC[C@@H](Nc2nc(Nc3ccc(N4CCC(N5CCN(C)CC5)CC4)cc3)c(C(N)=O)nc2CC)C1. The Bertz CT molecular complexity index is 1240. The third-order valence-corrected chi connectivity index (χ3v) is 8.57. The van der Waals surface area contributed by atoms with Gasteiger partial charge in [-0.3, -0.25) is 14.5 Å². The maximum absolute atomic E-state index is 12.3. The largest absolute Gasteiger partial charge is 0.371 e. The van der Waals surface area contributed by atoms with Crippen molar-refractivity contribution in [2.24, 2.45) is 5.73 Å². The Labute approximate surface area is 242 Å². The highest BCUT2D eigenvalue weighted by molar-refractivity contribution is 5.96. The Kier molecular flexibility index (Phi) is 9.04. The van der Waals surface area contributed by atoms with Gasteiger partial charge in [-0.25, -0.2) is 9.97 Å². The van der Waals surface area contributed by atoms with Crippen molar-refractivity contribution in [1.82, 2.24) is 24.7 Å². The summed E-state index contributed by atoms with van der Waals surface area (Å²) in [4.78, 5) is 42.9. The molecular weight excluding hydrogens is 518 g/mol. The monoisotopic (exact) mass is 561 g/mol. The standard InChI is InChI=1S/C30H43N9O2/c1-4-25-29(33-22-10-13-39(20-22)26(40)5-2)35-30(27(34-25)28(31)41)32-21-6-8-23(9-7-21)37-14-11-24(12-15-37)38-18-16-36(3)17-19-38/h5-9,22,24H,2,4,10-20H2,1,3H3,(H2,31,41)(H2,32,33,35)/t22-/m1/s1. The highest BCUT2D eigenvalue weighted by atomic mass is 16.2. The molecule has 1 atom stereocenters. The van der Waals surface area contributed by atoms with E-state index in [4.69, 9.17) is 10.7 Å². The molecule has 1 aromatic heterocycles. The smallest absolute Gasteiger partial charge is 0.271 e. The van der Waals surface area contributed by atoms with Crippen LogP contribution in [0.3, 0.4) is 0 Å². The normalized spacial score (nSPS) is 20.7. The van der Waals surface area contributed by atoms with E-state index < -0.39 is 5.91 Å². The van der Waals surface area contributed by atoms with Crippen LogP contribution < -0.4 is 21.3 Å². The number of piperidine rings is 1. The van der Waals surface area contributed by atoms with E-state index in [0.717, 1.165) is 38.3 Å². The molecule has 2 aromatic rings. The molecule has 3 aliphatic heterocycles. The van der Waals surface area contributed by atoms with Gasteiger partial charge in [-0.2, -0.15) is 0 Å². The number of carbonyl (C=O) groups is 2. The van der Waals surface area contributed by atoms with E-state index >= 15 is 0 Å². The topological polar surface area (TPSA) is 123 Å². The maximum atomic E-state index is 12.3. The molecule has 4 N–H and O–H groups in total. The number of anilines is 4. The number of hydrogen-bond donors (Lipinski definition) is 3. The van der Waals surface area contributed by atoms with Gasteiger partial charge in [0, 0.05) is 75.8 Å². The fourth-order valence-corrected chi connectivity index (χ4v) is 6.06. The van der Waals surface area contributed by atoms with Crippen molar-refractivity contribution < 1.29 is 9.59 Å². The average molecular weight is 562 g/mol. The van der Waals surface area contributed by atoms with Crippen LogP contribution in [0.5, 0.6) is 0 Å². The van der Waals surface area contributed by atoms with E-state index in [-0.39, 0.29) is 17.6 Å². The van der Waals surface area contributed by atoms with Crippen LogP contribution in [0.2, 0.25) is 0 Å². The number of aryl methyl sites for hydroxylation is 1. The van der Waals surface area contributed by atoms with Crippen LogP contribution in [0.25, 0.3) is 0 Å². The summed E-state index contributed by atoms with van der Waals surface area (Å²) in [5.41, 5.74) is 8.46. The van der Waals surface area contributed by atoms with Crippen molar-refractivity contribution in [3.05, 3.63) is 48.3 Å². The molecule has 11 heteroatoms. The van der Waals surface area contributed by atoms with Crippen molar-refractivity contribution in [3.8, 4) is 0 Å². The molecule has 41 heavy (non-hydrogen) atoms. The number of amides is 2. The lowest BCUT2D eigenvalue weighted by Crippen LogP contribution is -2.52. The first-order valence-corrected chi connectivity index (χ1v) is 14.8. The van der Waals surface area contributed by atoms with Gasteiger partial charge in [0.1, 0.15) is 0 Å². The second kappa shape index (κ2) is 12.9. The van der Waals surface area contributed by atoms with Crippen molar-refractivity contribution >= 4 is 34.8 Å². The number of benzene rings is 1. The third-order valence-electron chi connectivity index (χ3n) is 8.57. The second-order valence-corrected chi connectivity index (χ2v) is 11.3. The van der Waals surface area contributed by atoms with E-state index in [9.17, 15) is 9.59 Å². The molecule has 3 aliphatic rings. The van der Waals surface area contributed by atoms with Crippen LogP contribution in [0.15, 0.2) is 36.9 Å². The average Bonchev–Trinajstić information content (AvgIpc) is 3.46. The summed E-state index contributed by atoms with van der Waals surface area (Å²) in [5, 5.41) is 6.71. The van der Waals surface area contributed by atoms with Gasteiger partial charge in [0.2, 0.25) is 5.91 Å². The molecule has 0 unspecified atom stereocenters. The molecule has 0 spiro atoms. The highest BCUT2D eigenvalue weighted by Crippen LogP contribution is 2.28. The minimum absolute atomic E-state index is 0.0328. The second-order valence-electron chi connectivity index (χ2n) is 11.3. The number of primary amides is 1. The van der Waals surface area contributed by atoms with Gasteiger partial charge in [-0.15, -0.1) is 0 Å². The van der Waals surface area contributed by atoms with Crippen molar-refractivity contribution in [2.75, 3.05) is 74.9 Å². The fourth-order valence-electron chi connectivity index (χ4n) is 6.06. The highest BCUT2D eigenvalue weighted by Gasteiger charge is 2.28. The number of carbonyl (C=O) groups excluding carboxylic acids is 2. The fraction of sp³-hybridized carbons (Fsp3) is 0.533. The number of aromatic nitrogens is 2. The lowest BCUT2D eigenvalue weighted by Gasteiger charge is -2.42. The van der Waals surface area contributed by atoms with E-state index in [0.29, 0.717) is 42.9 Å². The Morgan fingerprint density at radius 2 is 1.71 bits per heavy atom. The van der Waals surface area contributed by atoms with Gasteiger partial charge in [0.15, 0.2) is 17.3 Å². The van der Waals surface area contributed by atoms with E-state index in [1.807, 2.05) is 19.1 Å². The zero-order valence-electron chi connectivity index (χ0n) is 24.3. The molecule has 0 bridgehead atoms. The van der Waals surface area contributed by atoms with Gasteiger partial charge in [-0.05, 0) is 63.1 Å². The van der Waals surface area contributed by atoms with Crippen LogP contribution in [0.1, 0.15) is 42.4 Å². The van der Waals surface area contributed by atoms with Crippen molar-refractivity contribution in [3.63, 3.8) is 0 Å². The summed E-state index contributed by atoms with van der Waals surface area (Å²) < 4.78 is 0. The number of likely N-dealkylation sites (N-methyl/N-ethyl adjacent to an activating group) is 1. The number of nitrogens with one attached hydrogen (secondary N) is 2. The molecule has 0 saturated carbocycles. The summed E-state index contributed by atoms with van der Waals surface area (Å²) >= 11 is 0. The zero-order valence-corrected chi connectivity index (χ0v) is 24.3. The molecular formula is C30H43N9O2. The molecule has 2 amide bonds. The maximum Gasteiger partial charge on any atom is 0.271 e. The number of nitrogens with zero attached hydrogens (tertiary/aromatic N) is 6. The Balaban J connectivity index is 1.24. The molecule has 0 aliphatic carbocycles. The number of likely N-dealkylation sites (tertiary alicyclic amines) is 1. The molecule has 220 valence electrons. The summed E-state index contributed by atoms with van der Waals surface area (Å²) in [7, 11) is 2.20. The Morgan fingerprint density at radius 1 is 1.00 bits per heavy atom. The number of hydrogen-bond acceptors (Lipinski definition) is 9. The van der Waals surface area contributed by atoms with E-state index in [1.54, 1.807) is 4.90 Å². The van der Waals surface area contributed by atoms with Crippen LogP contribution in [0.4, 0.5) is 23.0 Å². The molecule has 3 fully saturated rings.